The van der Waals surface area contributed by atoms with Gasteiger partial charge in [0.05, 0.1) is 6.54 Å². The lowest BCUT2D eigenvalue weighted by molar-refractivity contribution is -0.0974. The van der Waals surface area contributed by atoms with Crippen LogP contribution in [0.25, 0.3) is 0 Å². The van der Waals surface area contributed by atoms with Gasteiger partial charge in [-0.15, -0.1) is 0 Å². The Balaban J connectivity index is 1.97. The molecular formula is C13H20N4O3. The second-order valence-corrected chi connectivity index (χ2v) is 4.57. The fourth-order valence-electron chi connectivity index (χ4n) is 2.12. The zero-order chi connectivity index (χ0) is 14.4. The molecule has 20 heavy (non-hydrogen) atoms. The molecule has 0 aromatic carbocycles. The minimum absolute atomic E-state index is 0.257. The molecule has 1 saturated heterocycles. The Hall–Kier alpha value is -1.73. The first kappa shape index (κ1) is 14.7. The highest BCUT2D eigenvalue weighted by Crippen LogP contribution is 2.17. The van der Waals surface area contributed by atoms with Crippen molar-refractivity contribution in [3.05, 3.63) is 18.1 Å². The molecular weight excluding hydrogens is 260 g/mol. The van der Waals surface area contributed by atoms with Gasteiger partial charge in [-0.25, -0.2) is 9.97 Å². The van der Waals surface area contributed by atoms with Crippen LogP contribution >= 0.6 is 0 Å². The predicted molar refractivity (Wildman–Crippen MR) is 73.6 cm³/mol. The molecule has 0 bridgehead atoms. The highest BCUT2D eigenvalue weighted by Gasteiger charge is 2.16. The molecule has 2 heterocycles. The summed E-state index contributed by atoms with van der Waals surface area (Å²) >= 11 is 0. The molecule has 1 aromatic rings. The van der Waals surface area contributed by atoms with Gasteiger partial charge >= 0.3 is 0 Å². The Morgan fingerprint density at radius 3 is 2.70 bits per heavy atom. The summed E-state index contributed by atoms with van der Waals surface area (Å²) in [6.45, 7) is 2.23. The van der Waals surface area contributed by atoms with Crippen LogP contribution < -0.4 is 10.2 Å². The van der Waals surface area contributed by atoms with Crippen molar-refractivity contribution in [3.8, 4) is 0 Å². The smallest absolute Gasteiger partial charge is 0.270 e. The summed E-state index contributed by atoms with van der Waals surface area (Å²) < 4.78 is 10.0. The van der Waals surface area contributed by atoms with Crippen LogP contribution in [0, 0.1) is 0 Å². The monoisotopic (exact) mass is 280 g/mol. The standard InChI is InChI=1S/C13H20N4O3/c1-19-12(20-2)8-14-13(18)10-7-11(16-9-15-10)17-5-3-4-6-17/h7,9,12H,3-6,8H2,1-2H3,(H,14,18). The number of rotatable bonds is 6. The third kappa shape index (κ3) is 3.64. The van der Waals surface area contributed by atoms with E-state index in [9.17, 15) is 4.79 Å². The largest absolute Gasteiger partial charge is 0.357 e. The molecule has 0 atom stereocenters. The van der Waals surface area contributed by atoms with Crippen molar-refractivity contribution in [1.82, 2.24) is 15.3 Å². The maximum absolute atomic E-state index is 12.0. The number of hydrogen-bond donors (Lipinski definition) is 1. The SMILES string of the molecule is COC(CNC(=O)c1cc(N2CCCC2)ncn1)OC. The molecule has 0 unspecified atom stereocenters. The number of nitrogens with zero attached hydrogens (tertiary/aromatic N) is 3. The van der Waals surface area contributed by atoms with Crippen LogP contribution in [-0.2, 0) is 9.47 Å². The van der Waals surface area contributed by atoms with Gasteiger partial charge in [0.1, 0.15) is 17.8 Å². The Morgan fingerprint density at radius 1 is 1.35 bits per heavy atom. The van der Waals surface area contributed by atoms with Crippen LogP contribution in [-0.4, -0.2) is 56.0 Å². The maximum Gasteiger partial charge on any atom is 0.270 e. The normalized spacial score (nSPS) is 14.8. The van der Waals surface area contributed by atoms with E-state index in [2.05, 4.69) is 20.2 Å². The van der Waals surface area contributed by atoms with Gasteiger partial charge < -0.3 is 19.7 Å². The zero-order valence-electron chi connectivity index (χ0n) is 11.8. The van der Waals surface area contributed by atoms with Crippen LogP contribution in [0.5, 0.6) is 0 Å². The van der Waals surface area contributed by atoms with Crippen molar-refractivity contribution in [2.24, 2.45) is 0 Å². The number of anilines is 1. The predicted octanol–water partition coefficient (Wildman–Crippen LogP) is 0.425. The number of hydrogen-bond acceptors (Lipinski definition) is 6. The van der Waals surface area contributed by atoms with Crippen LogP contribution in [0.15, 0.2) is 12.4 Å². The van der Waals surface area contributed by atoms with E-state index in [-0.39, 0.29) is 12.5 Å². The molecule has 0 radical (unpaired) electrons. The molecule has 7 nitrogen and oxygen atoms in total. The summed E-state index contributed by atoms with van der Waals surface area (Å²) in [6, 6.07) is 1.72. The minimum atomic E-state index is -0.459. The van der Waals surface area contributed by atoms with Crippen molar-refractivity contribution >= 4 is 11.7 Å². The van der Waals surface area contributed by atoms with Gasteiger partial charge in [0, 0.05) is 33.4 Å². The second-order valence-electron chi connectivity index (χ2n) is 4.57. The molecule has 1 N–H and O–H groups in total. The topological polar surface area (TPSA) is 76.6 Å². The van der Waals surface area contributed by atoms with E-state index in [4.69, 9.17) is 9.47 Å². The summed E-state index contributed by atoms with van der Waals surface area (Å²) in [5, 5.41) is 2.72. The van der Waals surface area contributed by atoms with Crippen LogP contribution in [0.1, 0.15) is 23.3 Å². The molecule has 0 spiro atoms. The first-order valence-electron chi connectivity index (χ1n) is 6.65. The molecule has 1 aliphatic rings. The highest BCUT2D eigenvalue weighted by molar-refractivity contribution is 5.92. The summed E-state index contributed by atoms with van der Waals surface area (Å²) in [7, 11) is 3.05. The van der Waals surface area contributed by atoms with E-state index in [1.54, 1.807) is 6.07 Å². The van der Waals surface area contributed by atoms with Gasteiger partial charge in [0.15, 0.2) is 6.29 Å². The molecule has 1 aromatic heterocycles. The Labute approximate surface area is 118 Å². The van der Waals surface area contributed by atoms with Crippen molar-refractivity contribution in [2.75, 3.05) is 38.8 Å². The molecule has 1 aliphatic heterocycles. The summed E-state index contributed by atoms with van der Waals surface area (Å²) in [5.41, 5.74) is 0.354. The van der Waals surface area contributed by atoms with Crippen LogP contribution in [0.4, 0.5) is 5.82 Å². The van der Waals surface area contributed by atoms with E-state index in [1.165, 1.54) is 20.5 Å². The van der Waals surface area contributed by atoms with E-state index in [0.717, 1.165) is 31.7 Å². The number of aromatic nitrogens is 2. The maximum atomic E-state index is 12.0. The third-order valence-electron chi connectivity index (χ3n) is 3.27. The molecule has 1 fully saturated rings. The van der Waals surface area contributed by atoms with Crippen molar-refractivity contribution in [2.45, 2.75) is 19.1 Å². The Morgan fingerprint density at radius 2 is 2.05 bits per heavy atom. The van der Waals surface area contributed by atoms with E-state index in [1.807, 2.05) is 0 Å². The third-order valence-corrected chi connectivity index (χ3v) is 3.27. The van der Waals surface area contributed by atoms with Crippen LogP contribution in [0.2, 0.25) is 0 Å². The molecule has 0 aliphatic carbocycles. The number of carbonyl (C=O) groups is 1. The molecule has 0 saturated carbocycles. The highest BCUT2D eigenvalue weighted by atomic mass is 16.7. The van der Waals surface area contributed by atoms with E-state index in [0.29, 0.717) is 5.69 Å². The first-order valence-corrected chi connectivity index (χ1v) is 6.65. The van der Waals surface area contributed by atoms with Crippen molar-refractivity contribution in [1.29, 1.82) is 0 Å². The van der Waals surface area contributed by atoms with Crippen molar-refractivity contribution < 1.29 is 14.3 Å². The number of carbonyl (C=O) groups excluding carboxylic acids is 1. The number of nitrogens with one attached hydrogen (secondary N) is 1. The Bertz CT molecular complexity index is 445. The van der Waals surface area contributed by atoms with E-state index >= 15 is 0 Å². The fraction of sp³-hybridized carbons (Fsp3) is 0.615. The van der Waals surface area contributed by atoms with Gasteiger partial charge in [-0.1, -0.05) is 0 Å². The summed E-state index contributed by atoms with van der Waals surface area (Å²) in [4.78, 5) is 22.4. The van der Waals surface area contributed by atoms with Gasteiger partial charge in [-0.2, -0.15) is 0 Å². The fourth-order valence-corrected chi connectivity index (χ4v) is 2.12. The lowest BCUT2D eigenvalue weighted by Gasteiger charge is -2.17. The van der Waals surface area contributed by atoms with Gasteiger partial charge in [-0.05, 0) is 12.8 Å². The first-order chi connectivity index (χ1) is 9.74. The lowest BCUT2D eigenvalue weighted by Crippen LogP contribution is -2.34. The molecule has 110 valence electrons. The number of amides is 1. The molecule has 1 amide bonds. The zero-order valence-corrected chi connectivity index (χ0v) is 11.8. The van der Waals surface area contributed by atoms with Gasteiger partial charge in [0.2, 0.25) is 0 Å². The summed E-state index contributed by atoms with van der Waals surface area (Å²) in [6.07, 6.45) is 3.29. The quantitative estimate of drug-likeness (QED) is 0.761. The second kappa shape index (κ2) is 7.16. The molecule has 2 rings (SSSR count). The molecule has 7 heteroatoms. The van der Waals surface area contributed by atoms with Crippen LogP contribution in [0.3, 0.4) is 0 Å². The Kier molecular flexibility index (Phi) is 5.25. The minimum Gasteiger partial charge on any atom is -0.357 e. The number of methoxy groups -OCH3 is 2. The number of ether oxygens (including phenoxy) is 2. The average Bonchev–Trinajstić information content (AvgIpc) is 3.02. The average molecular weight is 280 g/mol. The van der Waals surface area contributed by atoms with Gasteiger partial charge in [0.25, 0.3) is 5.91 Å². The van der Waals surface area contributed by atoms with Crippen molar-refractivity contribution in [3.63, 3.8) is 0 Å². The van der Waals surface area contributed by atoms with Gasteiger partial charge in [-0.3, -0.25) is 4.79 Å². The van der Waals surface area contributed by atoms with E-state index < -0.39 is 6.29 Å². The lowest BCUT2D eigenvalue weighted by atomic mass is 10.3. The summed E-state index contributed by atoms with van der Waals surface area (Å²) in [5.74, 6) is 0.546.